The van der Waals surface area contributed by atoms with Crippen molar-refractivity contribution < 1.29 is 4.79 Å². The van der Waals surface area contributed by atoms with Crippen LogP contribution in [0.4, 0.5) is 5.95 Å². The highest BCUT2D eigenvalue weighted by molar-refractivity contribution is 5.92. The molecule has 25 heavy (non-hydrogen) atoms. The number of amides is 1. The Hall–Kier alpha value is -2.47. The Morgan fingerprint density at radius 3 is 2.56 bits per heavy atom. The number of aromatic nitrogens is 2. The van der Waals surface area contributed by atoms with Crippen LogP contribution in [0.1, 0.15) is 35.9 Å². The van der Waals surface area contributed by atoms with Crippen molar-refractivity contribution in [1.82, 2.24) is 20.2 Å². The van der Waals surface area contributed by atoms with E-state index < -0.39 is 0 Å². The normalized spacial score (nSPS) is 16.5. The van der Waals surface area contributed by atoms with Gasteiger partial charge in [0.25, 0.3) is 5.91 Å². The van der Waals surface area contributed by atoms with E-state index in [1.54, 1.807) is 12.3 Å². The van der Waals surface area contributed by atoms with Gasteiger partial charge in [-0.2, -0.15) is 0 Å². The summed E-state index contributed by atoms with van der Waals surface area (Å²) in [5.74, 6) is 0.461. The van der Waals surface area contributed by atoms with Gasteiger partial charge in [-0.3, -0.25) is 4.79 Å². The molecule has 1 N–H and O–H groups in total. The number of rotatable bonds is 5. The molecular weight excluding hydrogens is 314 g/mol. The van der Waals surface area contributed by atoms with Gasteiger partial charge >= 0.3 is 0 Å². The van der Waals surface area contributed by atoms with Crippen LogP contribution in [-0.2, 0) is 0 Å². The van der Waals surface area contributed by atoms with Gasteiger partial charge in [0.05, 0.1) is 6.04 Å². The van der Waals surface area contributed by atoms with Crippen LogP contribution >= 0.6 is 0 Å². The van der Waals surface area contributed by atoms with Gasteiger partial charge in [-0.1, -0.05) is 37.3 Å². The molecule has 0 radical (unpaired) electrons. The first-order valence-corrected chi connectivity index (χ1v) is 8.83. The molecule has 1 aliphatic rings. The van der Waals surface area contributed by atoms with Crippen molar-refractivity contribution in [3.05, 3.63) is 53.9 Å². The molecule has 3 rings (SSSR count). The molecule has 1 amide bonds. The van der Waals surface area contributed by atoms with Crippen LogP contribution < -0.4 is 10.2 Å². The van der Waals surface area contributed by atoms with Crippen molar-refractivity contribution in [3.8, 4) is 0 Å². The minimum atomic E-state index is -0.174. The second-order valence-corrected chi connectivity index (χ2v) is 6.27. The van der Waals surface area contributed by atoms with Crippen LogP contribution in [0, 0.1) is 0 Å². The largest absolute Gasteiger partial charge is 0.344 e. The molecule has 0 bridgehead atoms. The SMILES string of the molecule is CCN1CCN(c2nccc(C(=O)NC(C)c3ccccc3)n2)CC1. The fraction of sp³-hybridized carbons (Fsp3) is 0.421. The van der Waals surface area contributed by atoms with Crippen LogP contribution in [0.2, 0.25) is 0 Å². The Morgan fingerprint density at radius 2 is 1.88 bits per heavy atom. The van der Waals surface area contributed by atoms with Gasteiger partial charge in [0.1, 0.15) is 5.69 Å². The van der Waals surface area contributed by atoms with Gasteiger partial charge in [-0.25, -0.2) is 9.97 Å². The Kier molecular flexibility index (Phi) is 5.60. The number of nitrogens with zero attached hydrogens (tertiary/aromatic N) is 4. The van der Waals surface area contributed by atoms with E-state index in [0.717, 1.165) is 38.3 Å². The van der Waals surface area contributed by atoms with Gasteiger partial charge in [-0.15, -0.1) is 0 Å². The van der Waals surface area contributed by atoms with Crippen LogP contribution in [0.5, 0.6) is 0 Å². The minimum absolute atomic E-state index is 0.0692. The molecule has 2 aromatic rings. The smallest absolute Gasteiger partial charge is 0.270 e. The third-order valence-corrected chi connectivity index (χ3v) is 4.63. The zero-order valence-corrected chi connectivity index (χ0v) is 14.9. The lowest BCUT2D eigenvalue weighted by atomic mass is 10.1. The highest BCUT2D eigenvalue weighted by Gasteiger charge is 2.19. The summed E-state index contributed by atoms with van der Waals surface area (Å²) in [6.45, 7) is 8.99. The van der Waals surface area contributed by atoms with Crippen LogP contribution in [0.15, 0.2) is 42.6 Å². The Morgan fingerprint density at radius 1 is 1.16 bits per heavy atom. The van der Waals surface area contributed by atoms with Crippen molar-refractivity contribution in [1.29, 1.82) is 0 Å². The molecule has 1 aromatic carbocycles. The maximum atomic E-state index is 12.5. The lowest BCUT2D eigenvalue weighted by Gasteiger charge is -2.34. The van der Waals surface area contributed by atoms with Gasteiger partial charge < -0.3 is 15.1 Å². The average Bonchev–Trinajstić information content (AvgIpc) is 2.68. The molecule has 6 nitrogen and oxygen atoms in total. The highest BCUT2D eigenvalue weighted by Crippen LogP contribution is 2.14. The molecule has 2 heterocycles. The average molecular weight is 339 g/mol. The van der Waals surface area contributed by atoms with E-state index in [4.69, 9.17) is 0 Å². The lowest BCUT2D eigenvalue weighted by molar-refractivity contribution is 0.0934. The number of hydrogen-bond acceptors (Lipinski definition) is 5. The number of nitrogens with one attached hydrogen (secondary N) is 1. The van der Waals surface area contributed by atoms with Gasteiger partial charge in [0, 0.05) is 32.4 Å². The quantitative estimate of drug-likeness (QED) is 0.904. The maximum Gasteiger partial charge on any atom is 0.270 e. The number of benzene rings is 1. The van der Waals surface area contributed by atoms with E-state index in [2.05, 4.69) is 32.0 Å². The Balaban J connectivity index is 1.66. The standard InChI is InChI=1S/C19H25N5O/c1-3-23-11-13-24(14-12-23)19-20-10-9-17(22-19)18(25)21-15(2)16-7-5-4-6-8-16/h4-10,15H,3,11-14H2,1-2H3,(H,21,25). The predicted octanol–water partition coefficient (Wildman–Crippen LogP) is 2.11. The van der Waals surface area contributed by atoms with E-state index >= 15 is 0 Å². The van der Waals surface area contributed by atoms with Crippen molar-refractivity contribution in [2.24, 2.45) is 0 Å². The Bertz CT molecular complexity index is 698. The summed E-state index contributed by atoms with van der Waals surface area (Å²) in [6, 6.07) is 11.5. The number of hydrogen-bond donors (Lipinski definition) is 1. The number of carbonyl (C=O) groups is 1. The molecule has 1 aliphatic heterocycles. The monoisotopic (exact) mass is 339 g/mol. The molecule has 1 unspecified atom stereocenters. The topological polar surface area (TPSA) is 61.4 Å². The van der Waals surface area contributed by atoms with Crippen LogP contribution in [0.3, 0.4) is 0 Å². The number of piperazine rings is 1. The van der Waals surface area contributed by atoms with Crippen molar-refractivity contribution in [2.45, 2.75) is 19.9 Å². The molecule has 1 atom stereocenters. The summed E-state index contributed by atoms with van der Waals surface area (Å²) in [5, 5.41) is 3.00. The molecule has 1 aromatic heterocycles. The van der Waals surface area contributed by atoms with Gasteiger partial charge in [-0.05, 0) is 25.1 Å². The summed E-state index contributed by atoms with van der Waals surface area (Å²) >= 11 is 0. The number of anilines is 1. The van der Waals surface area contributed by atoms with E-state index in [1.165, 1.54) is 0 Å². The zero-order valence-electron chi connectivity index (χ0n) is 14.9. The molecule has 6 heteroatoms. The van der Waals surface area contributed by atoms with Crippen LogP contribution in [0.25, 0.3) is 0 Å². The van der Waals surface area contributed by atoms with E-state index in [-0.39, 0.29) is 11.9 Å². The van der Waals surface area contributed by atoms with Gasteiger partial charge in [0.15, 0.2) is 0 Å². The fourth-order valence-electron chi connectivity index (χ4n) is 2.99. The Labute approximate surface area is 148 Å². The number of carbonyl (C=O) groups excluding carboxylic acids is 1. The minimum Gasteiger partial charge on any atom is -0.344 e. The van der Waals surface area contributed by atoms with E-state index in [0.29, 0.717) is 11.6 Å². The molecule has 1 saturated heterocycles. The molecule has 132 valence electrons. The molecule has 0 spiro atoms. The summed E-state index contributed by atoms with van der Waals surface area (Å²) in [6.07, 6.45) is 1.66. The molecule has 0 saturated carbocycles. The predicted molar refractivity (Wildman–Crippen MR) is 98.7 cm³/mol. The third-order valence-electron chi connectivity index (χ3n) is 4.63. The summed E-state index contributed by atoms with van der Waals surface area (Å²) < 4.78 is 0. The first-order valence-electron chi connectivity index (χ1n) is 8.83. The summed E-state index contributed by atoms with van der Waals surface area (Å²) in [5.41, 5.74) is 1.48. The first kappa shape index (κ1) is 17.4. The second kappa shape index (κ2) is 8.07. The van der Waals surface area contributed by atoms with Crippen molar-refractivity contribution >= 4 is 11.9 Å². The third kappa shape index (κ3) is 4.33. The molecule has 1 fully saturated rings. The summed E-state index contributed by atoms with van der Waals surface area (Å²) in [7, 11) is 0. The zero-order chi connectivity index (χ0) is 17.6. The first-order chi connectivity index (χ1) is 12.2. The molecular formula is C19H25N5O. The van der Waals surface area contributed by atoms with Gasteiger partial charge in [0.2, 0.25) is 5.95 Å². The highest BCUT2D eigenvalue weighted by atomic mass is 16.1. The summed E-state index contributed by atoms with van der Waals surface area (Å²) in [4.78, 5) is 25.9. The van der Waals surface area contributed by atoms with Crippen LogP contribution in [-0.4, -0.2) is 53.5 Å². The second-order valence-electron chi connectivity index (χ2n) is 6.27. The van der Waals surface area contributed by atoms with Crippen molar-refractivity contribution in [2.75, 3.05) is 37.6 Å². The van der Waals surface area contributed by atoms with E-state index in [1.807, 2.05) is 37.3 Å². The van der Waals surface area contributed by atoms with Crippen molar-refractivity contribution in [3.63, 3.8) is 0 Å². The molecule has 0 aliphatic carbocycles. The fourth-order valence-corrected chi connectivity index (χ4v) is 2.99. The lowest BCUT2D eigenvalue weighted by Crippen LogP contribution is -2.46. The maximum absolute atomic E-state index is 12.5. The van der Waals surface area contributed by atoms with E-state index in [9.17, 15) is 4.79 Å². The number of likely N-dealkylation sites (N-methyl/N-ethyl adjacent to an activating group) is 1.